The van der Waals surface area contributed by atoms with Crippen molar-refractivity contribution < 1.29 is 58.3 Å². The van der Waals surface area contributed by atoms with Crippen molar-refractivity contribution in [1.29, 1.82) is 0 Å². The maximum atomic E-state index is 10.7. The van der Waals surface area contributed by atoms with E-state index in [2.05, 4.69) is 0 Å². The number of aliphatic hydroxyl groups excluding tert-OH is 2. The maximum absolute atomic E-state index is 10.7. The van der Waals surface area contributed by atoms with Gasteiger partial charge in [0.2, 0.25) is 0 Å². The summed E-state index contributed by atoms with van der Waals surface area (Å²) in [6.45, 7) is 0.433. The number of aromatic hydroxyl groups is 2. The molecule has 2 heterocycles. The highest BCUT2D eigenvalue weighted by Gasteiger charge is 2.48. The van der Waals surface area contributed by atoms with Crippen LogP contribution in [-0.4, -0.2) is 81.4 Å². The standard InChI is InChI=1S/C40H44O12/c1-45-33-17-24(8-11-29(33)43)38-27-21-50-39(28(27)22-49-38)25-10-14-32(36(19-25)48-4)52-40(26-9-12-30(44)34(18-26)46-2)37(20-42)51-31-13-7-23(6-5-15-41)16-35(31)47-3/h5-14,16-19,27-28,37-44H,15,20-22H2,1-4H3/b6-5+/t27-,28-,37+,38+,39+,40-/m1/s1. The molecule has 0 aliphatic carbocycles. The minimum absolute atomic E-state index is 0.0564. The third-order valence-electron chi connectivity index (χ3n) is 9.50. The monoisotopic (exact) mass is 716 g/mol. The Morgan fingerprint density at radius 1 is 0.635 bits per heavy atom. The number of hydrogen-bond acceptors (Lipinski definition) is 12. The van der Waals surface area contributed by atoms with Gasteiger partial charge in [0.25, 0.3) is 0 Å². The van der Waals surface area contributed by atoms with E-state index in [1.807, 2.05) is 18.2 Å². The SMILES string of the molecule is COc1cc([C@@H](Oc2ccc([C@@H]3OC[C@@H]4[C@H]3CO[C@H]4c3ccc(O)c(OC)c3)cc2OC)[C@H](CO)Oc2ccc(/C=C/CO)cc2OC)ccc1O. The summed E-state index contributed by atoms with van der Waals surface area (Å²) in [6.07, 6.45) is 1.01. The Morgan fingerprint density at radius 3 is 1.79 bits per heavy atom. The summed E-state index contributed by atoms with van der Waals surface area (Å²) in [5, 5.41) is 40.3. The smallest absolute Gasteiger partial charge is 0.163 e. The molecule has 4 aromatic carbocycles. The molecule has 0 amide bonds. The van der Waals surface area contributed by atoms with E-state index in [9.17, 15) is 20.4 Å². The molecule has 2 aliphatic heterocycles. The highest BCUT2D eigenvalue weighted by molar-refractivity contribution is 5.56. The Hall–Kier alpha value is -5.14. The van der Waals surface area contributed by atoms with Crippen molar-refractivity contribution in [2.45, 2.75) is 24.4 Å². The van der Waals surface area contributed by atoms with Gasteiger partial charge < -0.3 is 58.3 Å². The highest BCUT2D eigenvalue weighted by Crippen LogP contribution is 2.52. The van der Waals surface area contributed by atoms with Gasteiger partial charge in [-0.2, -0.15) is 0 Å². The van der Waals surface area contributed by atoms with Gasteiger partial charge in [0.15, 0.2) is 58.2 Å². The molecular formula is C40H44O12. The molecule has 2 fully saturated rings. The van der Waals surface area contributed by atoms with Crippen molar-refractivity contribution in [3.63, 3.8) is 0 Å². The number of aliphatic hydroxyl groups is 2. The van der Waals surface area contributed by atoms with Crippen LogP contribution in [0.1, 0.15) is 40.6 Å². The van der Waals surface area contributed by atoms with Crippen LogP contribution in [0.15, 0.2) is 78.9 Å². The van der Waals surface area contributed by atoms with Crippen LogP contribution in [0, 0.1) is 11.8 Å². The van der Waals surface area contributed by atoms with E-state index in [4.69, 9.17) is 37.9 Å². The number of rotatable bonds is 15. The zero-order valence-corrected chi connectivity index (χ0v) is 29.4. The molecule has 0 bridgehead atoms. The van der Waals surface area contributed by atoms with Gasteiger partial charge in [-0.25, -0.2) is 0 Å². The van der Waals surface area contributed by atoms with Gasteiger partial charge in [0, 0.05) is 17.4 Å². The van der Waals surface area contributed by atoms with Crippen molar-refractivity contribution in [1.82, 2.24) is 0 Å². The number of fused-ring (bicyclic) bond motifs is 1. The molecule has 0 saturated carbocycles. The van der Waals surface area contributed by atoms with E-state index in [1.54, 1.807) is 67.8 Å². The number of phenolic OH excluding ortho intramolecular Hbond substituents is 2. The Balaban J connectivity index is 1.28. The van der Waals surface area contributed by atoms with E-state index < -0.39 is 18.8 Å². The van der Waals surface area contributed by atoms with Crippen LogP contribution in [0.4, 0.5) is 0 Å². The lowest BCUT2D eigenvalue weighted by atomic mass is 9.85. The summed E-state index contributed by atoms with van der Waals surface area (Å²) in [4.78, 5) is 0. The molecule has 0 radical (unpaired) electrons. The van der Waals surface area contributed by atoms with Crippen molar-refractivity contribution in [3.05, 3.63) is 101 Å². The van der Waals surface area contributed by atoms with Crippen LogP contribution in [0.3, 0.4) is 0 Å². The molecule has 4 N–H and O–H groups in total. The van der Waals surface area contributed by atoms with Crippen LogP contribution < -0.4 is 28.4 Å². The molecule has 12 heteroatoms. The highest BCUT2D eigenvalue weighted by atomic mass is 16.6. The predicted octanol–water partition coefficient (Wildman–Crippen LogP) is 5.77. The fourth-order valence-corrected chi connectivity index (χ4v) is 6.86. The Labute approximate surface area is 302 Å². The second-order valence-corrected chi connectivity index (χ2v) is 12.5. The van der Waals surface area contributed by atoms with Crippen LogP contribution in [-0.2, 0) is 9.47 Å². The Morgan fingerprint density at radius 2 is 1.17 bits per heavy atom. The van der Waals surface area contributed by atoms with Gasteiger partial charge in [-0.3, -0.25) is 0 Å². The summed E-state index contributed by atoms with van der Waals surface area (Å²) in [5.41, 5.74) is 3.15. The lowest BCUT2D eigenvalue weighted by molar-refractivity contribution is 0.0118. The molecule has 0 unspecified atom stereocenters. The topological polar surface area (TPSA) is 155 Å². The van der Waals surface area contributed by atoms with Gasteiger partial charge in [-0.1, -0.05) is 36.4 Å². The Kier molecular flexibility index (Phi) is 11.6. The molecule has 52 heavy (non-hydrogen) atoms. The molecule has 0 spiro atoms. The normalized spacial score (nSPS) is 20.7. The fourth-order valence-electron chi connectivity index (χ4n) is 6.86. The third-order valence-corrected chi connectivity index (χ3v) is 9.50. The average molecular weight is 717 g/mol. The number of phenols is 2. The minimum Gasteiger partial charge on any atom is -0.504 e. The van der Waals surface area contributed by atoms with E-state index in [0.717, 1.165) is 16.7 Å². The Bertz CT molecular complexity index is 1860. The summed E-state index contributed by atoms with van der Waals surface area (Å²) in [7, 11) is 6.03. The second-order valence-electron chi connectivity index (χ2n) is 12.5. The summed E-state index contributed by atoms with van der Waals surface area (Å²) in [6, 6.07) is 20.9. The van der Waals surface area contributed by atoms with E-state index >= 15 is 0 Å². The number of benzene rings is 4. The molecule has 4 aromatic rings. The lowest BCUT2D eigenvalue weighted by Crippen LogP contribution is -2.33. The maximum Gasteiger partial charge on any atom is 0.163 e. The fraction of sp³-hybridized carbons (Fsp3) is 0.350. The molecule has 2 saturated heterocycles. The van der Waals surface area contributed by atoms with Gasteiger partial charge in [0.05, 0.1) is 67.1 Å². The van der Waals surface area contributed by atoms with Gasteiger partial charge in [0.1, 0.15) is 0 Å². The predicted molar refractivity (Wildman–Crippen MR) is 191 cm³/mol. The van der Waals surface area contributed by atoms with E-state index in [0.29, 0.717) is 47.5 Å². The van der Waals surface area contributed by atoms with Crippen molar-refractivity contribution in [3.8, 4) is 46.0 Å². The first-order valence-corrected chi connectivity index (χ1v) is 16.9. The van der Waals surface area contributed by atoms with Crippen molar-refractivity contribution in [2.75, 3.05) is 54.9 Å². The zero-order valence-electron chi connectivity index (χ0n) is 29.4. The van der Waals surface area contributed by atoms with Crippen LogP contribution >= 0.6 is 0 Å². The zero-order chi connectivity index (χ0) is 36.8. The number of hydrogen-bond donors (Lipinski definition) is 4. The number of methoxy groups -OCH3 is 4. The largest absolute Gasteiger partial charge is 0.504 e. The molecule has 2 aliphatic rings. The van der Waals surface area contributed by atoms with Crippen molar-refractivity contribution in [2.24, 2.45) is 11.8 Å². The molecular weight excluding hydrogens is 672 g/mol. The minimum atomic E-state index is -0.962. The van der Waals surface area contributed by atoms with Crippen molar-refractivity contribution >= 4 is 6.08 Å². The summed E-state index contributed by atoms with van der Waals surface area (Å²) in [5.74, 6) is 2.39. The average Bonchev–Trinajstić information content (AvgIpc) is 3.79. The quantitative estimate of drug-likeness (QED) is 0.118. The first-order valence-electron chi connectivity index (χ1n) is 16.9. The number of ether oxygens (including phenoxy) is 8. The lowest BCUT2D eigenvalue weighted by Gasteiger charge is -2.29. The van der Waals surface area contributed by atoms with Crippen LogP contribution in [0.2, 0.25) is 0 Å². The molecule has 6 rings (SSSR count). The summed E-state index contributed by atoms with van der Waals surface area (Å²) < 4.78 is 47.7. The first kappa shape index (κ1) is 36.6. The first-order chi connectivity index (χ1) is 25.3. The summed E-state index contributed by atoms with van der Waals surface area (Å²) >= 11 is 0. The third kappa shape index (κ3) is 7.56. The van der Waals surface area contributed by atoms with E-state index in [1.165, 1.54) is 27.4 Å². The molecule has 276 valence electrons. The molecule has 6 atom stereocenters. The van der Waals surface area contributed by atoms with Gasteiger partial charge in [-0.15, -0.1) is 0 Å². The van der Waals surface area contributed by atoms with Crippen LogP contribution in [0.5, 0.6) is 46.0 Å². The molecule has 0 aromatic heterocycles. The second kappa shape index (κ2) is 16.5. The molecule has 12 nitrogen and oxygen atoms in total. The van der Waals surface area contributed by atoms with Crippen LogP contribution in [0.25, 0.3) is 6.08 Å². The van der Waals surface area contributed by atoms with Gasteiger partial charge in [-0.05, 0) is 65.2 Å². The van der Waals surface area contributed by atoms with Gasteiger partial charge >= 0.3 is 0 Å². The van der Waals surface area contributed by atoms with E-state index in [-0.39, 0.29) is 47.9 Å².